The minimum absolute atomic E-state index is 0.0307. The number of aliphatic hydroxyl groups excluding tert-OH is 1. The summed E-state index contributed by atoms with van der Waals surface area (Å²) in [6.45, 7) is 8.00. The van der Waals surface area contributed by atoms with Crippen LogP contribution in [0.5, 0.6) is 11.5 Å². The van der Waals surface area contributed by atoms with Gasteiger partial charge in [0.2, 0.25) is 0 Å². The van der Waals surface area contributed by atoms with Gasteiger partial charge in [0.1, 0.15) is 0 Å². The third kappa shape index (κ3) is 3.85. The van der Waals surface area contributed by atoms with Crippen molar-refractivity contribution in [1.82, 2.24) is 4.90 Å². The third-order valence-corrected chi connectivity index (χ3v) is 7.85. The molecular formula is C25H36FNO4. The first kappa shape index (κ1) is 21.5. The van der Waals surface area contributed by atoms with Crippen molar-refractivity contribution in [3.63, 3.8) is 0 Å². The predicted octanol–water partition coefficient (Wildman–Crippen LogP) is 4.25. The van der Waals surface area contributed by atoms with Gasteiger partial charge >= 0.3 is 0 Å². The molecule has 0 amide bonds. The number of benzene rings is 1. The average Bonchev–Trinajstić information content (AvgIpc) is 3.27. The summed E-state index contributed by atoms with van der Waals surface area (Å²) in [7, 11) is 1.57. The van der Waals surface area contributed by atoms with Gasteiger partial charge in [-0.15, -0.1) is 0 Å². The van der Waals surface area contributed by atoms with Crippen molar-refractivity contribution in [1.29, 1.82) is 0 Å². The Bertz CT molecular complexity index is 839. The lowest BCUT2D eigenvalue weighted by Crippen LogP contribution is -2.53. The Morgan fingerprint density at radius 1 is 1.29 bits per heavy atom. The Hall–Kier alpha value is -1.37. The van der Waals surface area contributed by atoms with Gasteiger partial charge in [0.05, 0.1) is 31.5 Å². The molecule has 3 saturated carbocycles. The lowest BCUT2D eigenvalue weighted by atomic mass is 9.70. The third-order valence-electron chi connectivity index (χ3n) is 7.85. The van der Waals surface area contributed by atoms with E-state index in [1.54, 1.807) is 7.11 Å². The van der Waals surface area contributed by atoms with E-state index in [9.17, 15) is 5.11 Å². The molecule has 3 atom stereocenters. The molecule has 1 N–H and O–H groups in total. The summed E-state index contributed by atoms with van der Waals surface area (Å²) in [5.74, 6) is 1.31. The minimum Gasteiger partial charge on any atom is -0.493 e. The molecule has 1 saturated heterocycles. The molecule has 0 aromatic heterocycles. The van der Waals surface area contributed by atoms with E-state index in [2.05, 4.69) is 4.90 Å². The summed E-state index contributed by atoms with van der Waals surface area (Å²) in [6.07, 6.45) is 5.26. The molecule has 2 bridgehead atoms. The van der Waals surface area contributed by atoms with Crippen molar-refractivity contribution in [2.75, 3.05) is 26.8 Å². The number of methoxy groups -OCH3 is 1. The van der Waals surface area contributed by atoms with Crippen LogP contribution in [0, 0.1) is 17.2 Å². The van der Waals surface area contributed by atoms with E-state index in [1.807, 2.05) is 26.8 Å². The highest BCUT2D eigenvalue weighted by Crippen LogP contribution is 2.59. The van der Waals surface area contributed by atoms with Gasteiger partial charge in [0, 0.05) is 24.5 Å². The number of halogens is 1. The molecule has 4 fully saturated rings. The molecule has 1 aromatic carbocycles. The first-order chi connectivity index (χ1) is 14.7. The topological polar surface area (TPSA) is 51.2 Å². The van der Waals surface area contributed by atoms with Crippen LogP contribution in [-0.4, -0.2) is 54.6 Å². The molecule has 3 aliphatic carbocycles. The standard InChI is InChI=1S/C25H36FNO4/c1-24(2,3)31-21-13-27-8-6-16-17(18(27)10-19(21)28)9-20(29-4)23(22(16)26)30-14-25-7-5-15(11-25)12-25/h9,15,18-19,21,28H,5-8,10-14H2,1-4H3/t15?,18-,19-,21-,25?/m1/s1. The zero-order valence-electron chi connectivity index (χ0n) is 19.2. The monoisotopic (exact) mass is 433 g/mol. The van der Waals surface area contributed by atoms with E-state index >= 15 is 4.39 Å². The fraction of sp³-hybridized carbons (Fsp3) is 0.760. The van der Waals surface area contributed by atoms with Gasteiger partial charge in [-0.25, -0.2) is 4.39 Å². The second-order valence-electron chi connectivity index (χ2n) is 11.2. The summed E-state index contributed by atoms with van der Waals surface area (Å²) in [4.78, 5) is 2.32. The fourth-order valence-electron chi connectivity index (χ4n) is 6.41. The van der Waals surface area contributed by atoms with Crippen LogP contribution in [0.2, 0.25) is 0 Å². The molecule has 6 rings (SSSR count). The van der Waals surface area contributed by atoms with Gasteiger partial charge in [-0.2, -0.15) is 0 Å². The number of hydrogen-bond donors (Lipinski definition) is 1. The highest BCUT2D eigenvalue weighted by atomic mass is 19.1. The van der Waals surface area contributed by atoms with Gasteiger partial charge in [-0.1, -0.05) is 0 Å². The highest BCUT2D eigenvalue weighted by molar-refractivity contribution is 5.51. The van der Waals surface area contributed by atoms with E-state index in [-0.39, 0.29) is 34.7 Å². The molecule has 172 valence electrons. The molecular weight excluding hydrogens is 397 g/mol. The largest absolute Gasteiger partial charge is 0.493 e. The fourth-order valence-corrected chi connectivity index (χ4v) is 6.41. The second-order valence-corrected chi connectivity index (χ2v) is 11.2. The van der Waals surface area contributed by atoms with Crippen molar-refractivity contribution >= 4 is 0 Å². The number of nitrogens with zero attached hydrogens (tertiary/aromatic N) is 1. The Kier molecular flexibility index (Phi) is 5.26. The van der Waals surface area contributed by atoms with Crippen molar-refractivity contribution < 1.29 is 23.7 Å². The summed E-state index contributed by atoms with van der Waals surface area (Å²) in [6, 6.07) is 1.91. The first-order valence-corrected chi connectivity index (χ1v) is 11.8. The number of ether oxygens (including phenoxy) is 3. The maximum absolute atomic E-state index is 15.7. The number of rotatable bonds is 5. The van der Waals surface area contributed by atoms with E-state index in [4.69, 9.17) is 14.2 Å². The van der Waals surface area contributed by atoms with Crippen LogP contribution in [0.15, 0.2) is 6.07 Å². The van der Waals surface area contributed by atoms with Crippen LogP contribution in [0.25, 0.3) is 0 Å². The summed E-state index contributed by atoms with van der Waals surface area (Å²) < 4.78 is 33.4. The number of hydrogen-bond acceptors (Lipinski definition) is 5. The Morgan fingerprint density at radius 2 is 2.06 bits per heavy atom. The predicted molar refractivity (Wildman–Crippen MR) is 116 cm³/mol. The average molecular weight is 434 g/mol. The number of piperidine rings is 1. The highest BCUT2D eigenvalue weighted by Gasteiger charge is 2.51. The lowest BCUT2D eigenvalue weighted by Gasteiger charge is -2.47. The van der Waals surface area contributed by atoms with Gasteiger partial charge in [-0.3, -0.25) is 4.90 Å². The quantitative estimate of drug-likeness (QED) is 0.752. The van der Waals surface area contributed by atoms with Gasteiger partial charge in [0.25, 0.3) is 0 Å². The van der Waals surface area contributed by atoms with Crippen LogP contribution in [-0.2, 0) is 11.2 Å². The smallest absolute Gasteiger partial charge is 0.197 e. The van der Waals surface area contributed by atoms with Crippen molar-refractivity contribution in [2.24, 2.45) is 11.3 Å². The van der Waals surface area contributed by atoms with Crippen LogP contribution in [0.4, 0.5) is 4.39 Å². The van der Waals surface area contributed by atoms with Crippen LogP contribution < -0.4 is 9.47 Å². The Balaban J connectivity index is 1.38. The van der Waals surface area contributed by atoms with E-state index in [0.29, 0.717) is 31.7 Å². The molecule has 31 heavy (non-hydrogen) atoms. The zero-order chi connectivity index (χ0) is 22.0. The van der Waals surface area contributed by atoms with E-state index in [1.165, 1.54) is 25.7 Å². The van der Waals surface area contributed by atoms with Gasteiger partial charge in [0.15, 0.2) is 17.3 Å². The van der Waals surface area contributed by atoms with E-state index < -0.39 is 6.10 Å². The summed E-state index contributed by atoms with van der Waals surface area (Å²) >= 11 is 0. The Morgan fingerprint density at radius 3 is 2.71 bits per heavy atom. The minimum atomic E-state index is -0.579. The van der Waals surface area contributed by atoms with Crippen LogP contribution in [0.3, 0.4) is 0 Å². The molecule has 6 heteroatoms. The molecule has 2 aliphatic heterocycles. The second kappa shape index (κ2) is 7.60. The van der Waals surface area contributed by atoms with E-state index in [0.717, 1.165) is 23.6 Å². The zero-order valence-corrected chi connectivity index (χ0v) is 19.2. The van der Waals surface area contributed by atoms with Crippen molar-refractivity contribution in [3.05, 3.63) is 23.0 Å². The molecule has 0 radical (unpaired) electrons. The molecule has 0 unspecified atom stereocenters. The van der Waals surface area contributed by atoms with Crippen LogP contribution >= 0.6 is 0 Å². The number of fused-ring (bicyclic) bond motifs is 4. The molecule has 5 aliphatic rings. The maximum Gasteiger partial charge on any atom is 0.197 e. The van der Waals surface area contributed by atoms with Crippen molar-refractivity contribution in [2.45, 2.75) is 83.1 Å². The van der Waals surface area contributed by atoms with Gasteiger partial charge < -0.3 is 19.3 Å². The number of aliphatic hydroxyl groups is 1. The normalized spacial score (nSPS) is 34.6. The van der Waals surface area contributed by atoms with Crippen molar-refractivity contribution in [3.8, 4) is 11.5 Å². The molecule has 0 spiro atoms. The van der Waals surface area contributed by atoms with Gasteiger partial charge in [-0.05, 0) is 82.4 Å². The molecule has 1 aromatic rings. The first-order valence-electron chi connectivity index (χ1n) is 11.8. The summed E-state index contributed by atoms with van der Waals surface area (Å²) in [5.41, 5.74) is 1.58. The lowest BCUT2D eigenvalue weighted by molar-refractivity contribution is -0.149. The molecule has 5 nitrogen and oxygen atoms in total. The Labute approximate surface area is 184 Å². The maximum atomic E-state index is 15.7. The molecule has 2 heterocycles. The summed E-state index contributed by atoms with van der Waals surface area (Å²) in [5, 5.41) is 10.8. The SMILES string of the molecule is COc1cc2c(c(F)c1OCC13CCC(C1)C3)CCN1C[C@@H](OC(C)(C)C)[C@H](O)C[C@H]21. The van der Waals surface area contributed by atoms with Crippen LogP contribution in [0.1, 0.15) is 70.0 Å².